The Morgan fingerprint density at radius 3 is 2.72 bits per heavy atom. The van der Waals surface area contributed by atoms with Gasteiger partial charge in [-0.15, -0.1) is 0 Å². The minimum Gasteiger partial charge on any atom is -0.389 e. The Morgan fingerprint density at radius 2 is 2.04 bits per heavy atom. The summed E-state index contributed by atoms with van der Waals surface area (Å²) in [7, 11) is 1.98. The molecule has 1 aromatic carbocycles. The van der Waals surface area contributed by atoms with Crippen LogP contribution in [0, 0.1) is 5.82 Å². The number of nitrogens with zero attached hydrogens (tertiary/aromatic N) is 3. The van der Waals surface area contributed by atoms with Gasteiger partial charge < -0.3 is 14.7 Å². The van der Waals surface area contributed by atoms with Gasteiger partial charge in [0.15, 0.2) is 0 Å². The quantitative estimate of drug-likeness (QED) is 0.835. The maximum absolute atomic E-state index is 13.5. The van der Waals surface area contributed by atoms with Gasteiger partial charge in [0.1, 0.15) is 5.82 Å². The number of aliphatic hydroxyl groups excluding tert-OH is 1. The van der Waals surface area contributed by atoms with E-state index in [1.165, 1.54) is 11.8 Å². The molecule has 1 saturated heterocycles. The molecule has 1 aromatic heterocycles. The van der Waals surface area contributed by atoms with Gasteiger partial charge in [0.2, 0.25) is 0 Å². The van der Waals surface area contributed by atoms with Crippen LogP contribution in [0.3, 0.4) is 0 Å². The van der Waals surface area contributed by atoms with Gasteiger partial charge in [-0.2, -0.15) is 5.10 Å². The van der Waals surface area contributed by atoms with Crippen LogP contribution < -0.4 is 0 Å². The SMILES string of the molecule is Cn1nccc1C1CCN(C[C@@H](O)COCc2ccccc2F)CC1. The van der Waals surface area contributed by atoms with E-state index in [4.69, 9.17) is 4.74 Å². The molecule has 1 aliphatic heterocycles. The number of hydrogen-bond donors (Lipinski definition) is 1. The van der Waals surface area contributed by atoms with Crippen molar-refractivity contribution < 1.29 is 14.2 Å². The number of benzene rings is 1. The molecule has 0 bridgehead atoms. The number of β-amino-alcohol motifs (C(OH)–C–C–N with tert-alkyl or cyclic N) is 1. The zero-order valence-electron chi connectivity index (χ0n) is 14.6. The summed E-state index contributed by atoms with van der Waals surface area (Å²) in [6.07, 6.45) is 3.43. The van der Waals surface area contributed by atoms with E-state index in [-0.39, 0.29) is 19.0 Å². The monoisotopic (exact) mass is 347 g/mol. The van der Waals surface area contributed by atoms with Crippen LogP contribution in [0.15, 0.2) is 36.5 Å². The molecule has 2 aromatic rings. The number of hydrogen-bond acceptors (Lipinski definition) is 4. The molecule has 6 heteroatoms. The van der Waals surface area contributed by atoms with Crippen LogP contribution in [0.4, 0.5) is 4.39 Å². The largest absolute Gasteiger partial charge is 0.389 e. The highest BCUT2D eigenvalue weighted by Crippen LogP contribution is 2.27. The van der Waals surface area contributed by atoms with Gasteiger partial charge in [0.05, 0.1) is 19.3 Å². The molecule has 1 atom stereocenters. The van der Waals surface area contributed by atoms with Crippen molar-refractivity contribution in [1.82, 2.24) is 14.7 Å². The van der Waals surface area contributed by atoms with Crippen molar-refractivity contribution in [3.8, 4) is 0 Å². The third-order valence-corrected chi connectivity index (χ3v) is 4.86. The Hall–Kier alpha value is -1.76. The molecule has 0 saturated carbocycles. The first-order valence-electron chi connectivity index (χ1n) is 8.83. The Labute approximate surface area is 148 Å². The highest BCUT2D eigenvalue weighted by atomic mass is 19.1. The number of aryl methyl sites for hydroxylation is 1. The van der Waals surface area contributed by atoms with Crippen molar-refractivity contribution in [3.63, 3.8) is 0 Å². The van der Waals surface area contributed by atoms with Gasteiger partial charge in [-0.1, -0.05) is 18.2 Å². The number of piperidine rings is 1. The van der Waals surface area contributed by atoms with Crippen molar-refractivity contribution >= 4 is 0 Å². The number of halogens is 1. The Bertz CT molecular complexity index is 668. The summed E-state index contributed by atoms with van der Waals surface area (Å²) in [6.45, 7) is 2.91. The molecule has 0 amide bonds. The van der Waals surface area contributed by atoms with E-state index >= 15 is 0 Å². The predicted molar refractivity (Wildman–Crippen MR) is 93.7 cm³/mol. The summed E-state index contributed by atoms with van der Waals surface area (Å²) < 4.78 is 20.9. The minimum atomic E-state index is -0.556. The van der Waals surface area contributed by atoms with Crippen molar-refractivity contribution in [2.45, 2.75) is 31.5 Å². The molecule has 1 fully saturated rings. The zero-order valence-corrected chi connectivity index (χ0v) is 14.6. The zero-order chi connectivity index (χ0) is 17.6. The van der Waals surface area contributed by atoms with Crippen molar-refractivity contribution in [1.29, 1.82) is 0 Å². The van der Waals surface area contributed by atoms with Crippen LogP contribution in [-0.2, 0) is 18.4 Å². The number of aromatic nitrogens is 2. The molecule has 1 N–H and O–H groups in total. The van der Waals surface area contributed by atoms with E-state index in [1.54, 1.807) is 18.2 Å². The molecular formula is C19H26FN3O2. The Balaban J connectivity index is 1.37. The van der Waals surface area contributed by atoms with Gasteiger partial charge in [-0.25, -0.2) is 4.39 Å². The summed E-state index contributed by atoms with van der Waals surface area (Å²) >= 11 is 0. The third kappa shape index (κ3) is 4.87. The maximum atomic E-state index is 13.5. The molecular weight excluding hydrogens is 321 g/mol. The van der Waals surface area contributed by atoms with Gasteiger partial charge in [-0.05, 0) is 38.1 Å². The molecule has 2 heterocycles. The molecule has 0 radical (unpaired) electrons. The lowest BCUT2D eigenvalue weighted by Crippen LogP contribution is -2.40. The van der Waals surface area contributed by atoms with Crippen LogP contribution in [0.1, 0.15) is 30.0 Å². The molecule has 0 aliphatic carbocycles. The molecule has 3 rings (SSSR count). The van der Waals surface area contributed by atoms with Crippen molar-refractivity contribution in [2.75, 3.05) is 26.2 Å². The van der Waals surface area contributed by atoms with E-state index in [0.717, 1.165) is 25.9 Å². The fourth-order valence-corrected chi connectivity index (χ4v) is 3.47. The second-order valence-electron chi connectivity index (χ2n) is 6.71. The van der Waals surface area contributed by atoms with Gasteiger partial charge in [0.25, 0.3) is 0 Å². The molecule has 1 aliphatic rings. The molecule has 0 spiro atoms. The van der Waals surface area contributed by atoms with Crippen molar-refractivity contribution in [3.05, 3.63) is 53.6 Å². The number of rotatable bonds is 7. The average molecular weight is 347 g/mol. The Kier molecular flexibility index (Phi) is 6.18. The maximum Gasteiger partial charge on any atom is 0.128 e. The topological polar surface area (TPSA) is 50.5 Å². The van der Waals surface area contributed by atoms with Gasteiger partial charge in [-0.3, -0.25) is 4.68 Å². The third-order valence-electron chi connectivity index (χ3n) is 4.86. The molecule has 0 unspecified atom stereocenters. The summed E-state index contributed by atoms with van der Waals surface area (Å²) in [5, 5.41) is 14.4. The predicted octanol–water partition coefficient (Wildman–Crippen LogP) is 2.32. The lowest BCUT2D eigenvalue weighted by molar-refractivity contribution is 0.00539. The van der Waals surface area contributed by atoms with E-state index in [2.05, 4.69) is 16.1 Å². The first-order valence-corrected chi connectivity index (χ1v) is 8.83. The smallest absolute Gasteiger partial charge is 0.128 e. The van der Waals surface area contributed by atoms with E-state index < -0.39 is 6.10 Å². The van der Waals surface area contributed by atoms with Crippen LogP contribution in [-0.4, -0.2) is 52.1 Å². The second-order valence-corrected chi connectivity index (χ2v) is 6.71. The number of aliphatic hydroxyl groups is 1. The highest BCUT2D eigenvalue weighted by molar-refractivity contribution is 5.16. The van der Waals surface area contributed by atoms with E-state index in [0.29, 0.717) is 18.0 Å². The van der Waals surface area contributed by atoms with Gasteiger partial charge >= 0.3 is 0 Å². The van der Waals surface area contributed by atoms with Crippen LogP contribution in [0.5, 0.6) is 0 Å². The van der Waals surface area contributed by atoms with E-state index in [1.807, 2.05) is 17.9 Å². The van der Waals surface area contributed by atoms with Gasteiger partial charge in [0, 0.05) is 37.0 Å². The Morgan fingerprint density at radius 1 is 1.28 bits per heavy atom. The minimum absolute atomic E-state index is 0.187. The molecule has 136 valence electrons. The summed E-state index contributed by atoms with van der Waals surface area (Å²) in [5.74, 6) is 0.271. The summed E-state index contributed by atoms with van der Waals surface area (Å²) in [6, 6.07) is 8.64. The first kappa shape index (κ1) is 18.0. The van der Waals surface area contributed by atoms with Crippen LogP contribution in [0.25, 0.3) is 0 Å². The lowest BCUT2D eigenvalue weighted by atomic mass is 9.93. The van der Waals surface area contributed by atoms with E-state index in [9.17, 15) is 9.50 Å². The molecule has 25 heavy (non-hydrogen) atoms. The number of ether oxygens (including phenoxy) is 1. The first-order chi connectivity index (χ1) is 12.1. The normalized spacial score (nSPS) is 17.7. The standard InChI is InChI=1S/C19H26FN3O2/c1-22-19(6-9-21-22)15-7-10-23(11-8-15)12-17(24)14-25-13-16-4-2-3-5-18(16)20/h2-6,9,15,17,24H,7-8,10-14H2,1H3/t17-/m1/s1. The highest BCUT2D eigenvalue weighted by Gasteiger charge is 2.23. The second kappa shape index (κ2) is 8.56. The lowest BCUT2D eigenvalue weighted by Gasteiger charge is -2.33. The average Bonchev–Trinajstić information content (AvgIpc) is 3.03. The number of likely N-dealkylation sites (tertiary alicyclic amines) is 1. The molecule has 5 nitrogen and oxygen atoms in total. The summed E-state index contributed by atoms with van der Waals surface area (Å²) in [4.78, 5) is 2.27. The van der Waals surface area contributed by atoms with Crippen LogP contribution >= 0.6 is 0 Å². The van der Waals surface area contributed by atoms with Crippen LogP contribution in [0.2, 0.25) is 0 Å². The fourth-order valence-electron chi connectivity index (χ4n) is 3.47. The van der Waals surface area contributed by atoms with Crippen molar-refractivity contribution in [2.24, 2.45) is 7.05 Å². The summed E-state index contributed by atoms with van der Waals surface area (Å²) in [5.41, 5.74) is 1.81. The fraction of sp³-hybridized carbons (Fsp3) is 0.526.